The van der Waals surface area contributed by atoms with E-state index in [1.165, 1.54) is 6.20 Å². The van der Waals surface area contributed by atoms with Crippen LogP contribution in [0, 0.1) is 5.82 Å². The molecule has 2 rings (SSSR count). The van der Waals surface area contributed by atoms with Crippen LogP contribution in [-0.4, -0.2) is 30.3 Å². The van der Waals surface area contributed by atoms with E-state index in [9.17, 15) is 9.18 Å². The van der Waals surface area contributed by atoms with Gasteiger partial charge < -0.3 is 9.47 Å². The summed E-state index contributed by atoms with van der Waals surface area (Å²) < 4.78 is 23.6. The topological polar surface area (TPSA) is 48.4 Å². The molecule has 98 valence electrons. The Morgan fingerprint density at radius 2 is 2.06 bits per heavy atom. The third-order valence-electron chi connectivity index (χ3n) is 3.14. The van der Waals surface area contributed by atoms with Crippen LogP contribution in [0.15, 0.2) is 18.5 Å². The van der Waals surface area contributed by atoms with Gasteiger partial charge in [-0.05, 0) is 25.3 Å². The Morgan fingerprint density at radius 3 is 2.72 bits per heavy atom. The number of ether oxygens (including phenoxy) is 2. The molecule has 0 aliphatic heterocycles. The van der Waals surface area contributed by atoms with E-state index in [1.807, 2.05) is 0 Å². The lowest BCUT2D eigenvalue weighted by atomic mass is 9.94. The van der Waals surface area contributed by atoms with E-state index in [4.69, 9.17) is 9.47 Å². The van der Waals surface area contributed by atoms with Crippen LogP contribution >= 0.6 is 0 Å². The molecule has 0 aromatic carbocycles. The van der Waals surface area contributed by atoms with Crippen molar-refractivity contribution < 1.29 is 18.7 Å². The molecule has 0 spiro atoms. The summed E-state index contributed by atoms with van der Waals surface area (Å²) in [5.41, 5.74) is 0.135. The number of hydrogen-bond donors (Lipinski definition) is 0. The second kappa shape index (κ2) is 5.91. The minimum atomic E-state index is -0.545. The van der Waals surface area contributed by atoms with Crippen LogP contribution in [-0.2, 0) is 9.47 Å². The lowest BCUT2D eigenvalue weighted by molar-refractivity contribution is -0.0539. The normalized spacial score (nSPS) is 23.7. The molecule has 2 atom stereocenters. The summed E-state index contributed by atoms with van der Waals surface area (Å²) in [5, 5.41) is 0. The van der Waals surface area contributed by atoms with Crippen molar-refractivity contribution in [2.45, 2.75) is 37.9 Å². The molecule has 5 heteroatoms. The van der Waals surface area contributed by atoms with Crippen molar-refractivity contribution >= 4 is 5.97 Å². The predicted molar refractivity (Wildman–Crippen MR) is 62.7 cm³/mol. The van der Waals surface area contributed by atoms with Crippen LogP contribution in [0.4, 0.5) is 4.39 Å². The summed E-state index contributed by atoms with van der Waals surface area (Å²) >= 11 is 0. The number of carbonyl (C=O) groups excluding carboxylic acids is 1. The van der Waals surface area contributed by atoms with Gasteiger partial charge in [0, 0.05) is 13.3 Å². The maximum atomic E-state index is 13.0. The molecule has 1 aliphatic rings. The second-order valence-electron chi connectivity index (χ2n) is 4.39. The molecule has 1 fully saturated rings. The number of rotatable bonds is 3. The van der Waals surface area contributed by atoms with Gasteiger partial charge in [-0.25, -0.2) is 9.18 Å². The van der Waals surface area contributed by atoms with Crippen LogP contribution in [0.2, 0.25) is 0 Å². The van der Waals surface area contributed by atoms with E-state index in [0.717, 1.165) is 37.9 Å². The standard InChI is InChI=1S/C13H16FNO3/c1-17-11-4-2-3-5-12(11)18-13(16)9-6-10(14)8-15-7-9/h6-8,11-12H,2-5H2,1H3/t11-,12-/m0/s1. The maximum Gasteiger partial charge on any atom is 0.340 e. The average Bonchev–Trinajstić information content (AvgIpc) is 2.39. The fourth-order valence-corrected chi connectivity index (χ4v) is 2.20. The summed E-state index contributed by atoms with van der Waals surface area (Å²) in [6.45, 7) is 0. The summed E-state index contributed by atoms with van der Waals surface area (Å²) in [4.78, 5) is 15.5. The van der Waals surface area contributed by atoms with Gasteiger partial charge in [0.15, 0.2) is 0 Å². The molecule has 1 aromatic heterocycles. The number of esters is 1. The zero-order chi connectivity index (χ0) is 13.0. The highest BCUT2D eigenvalue weighted by atomic mass is 19.1. The first-order chi connectivity index (χ1) is 8.70. The van der Waals surface area contributed by atoms with Crippen molar-refractivity contribution in [3.05, 3.63) is 29.8 Å². The Labute approximate surface area is 105 Å². The summed E-state index contributed by atoms with van der Waals surface area (Å²) in [6, 6.07) is 1.12. The van der Waals surface area contributed by atoms with Gasteiger partial charge in [-0.3, -0.25) is 4.98 Å². The Balaban J connectivity index is 2.02. The fourth-order valence-electron chi connectivity index (χ4n) is 2.20. The smallest absolute Gasteiger partial charge is 0.340 e. The minimum absolute atomic E-state index is 0.0655. The Morgan fingerprint density at radius 1 is 1.33 bits per heavy atom. The zero-order valence-electron chi connectivity index (χ0n) is 10.3. The van der Waals surface area contributed by atoms with Crippen LogP contribution in [0.1, 0.15) is 36.0 Å². The van der Waals surface area contributed by atoms with E-state index < -0.39 is 11.8 Å². The Bertz CT molecular complexity index is 424. The van der Waals surface area contributed by atoms with Crippen molar-refractivity contribution in [1.82, 2.24) is 4.98 Å². The van der Waals surface area contributed by atoms with Gasteiger partial charge in [-0.1, -0.05) is 6.42 Å². The summed E-state index contributed by atoms with van der Waals surface area (Å²) in [7, 11) is 1.61. The molecule has 0 unspecified atom stereocenters. The zero-order valence-corrected chi connectivity index (χ0v) is 10.3. The lowest BCUT2D eigenvalue weighted by Gasteiger charge is -2.29. The molecule has 0 amide bonds. The van der Waals surface area contributed by atoms with Crippen molar-refractivity contribution in [2.75, 3.05) is 7.11 Å². The van der Waals surface area contributed by atoms with Gasteiger partial charge in [0.05, 0.1) is 17.9 Å². The number of carbonyl (C=O) groups is 1. The number of halogens is 1. The van der Waals surface area contributed by atoms with Crippen LogP contribution < -0.4 is 0 Å². The third kappa shape index (κ3) is 3.04. The molecule has 18 heavy (non-hydrogen) atoms. The molecule has 4 nitrogen and oxygen atoms in total. The third-order valence-corrected chi connectivity index (χ3v) is 3.14. The number of hydrogen-bond acceptors (Lipinski definition) is 4. The molecular formula is C13H16FNO3. The maximum absolute atomic E-state index is 13.0. The van der Waals surface area contributed by atoms with E-state index >= 15 is 0 Å². The van der Waals surface area contributed by atoms with Crippen molar-refractivity contribution in [3.8, 4) is 0 Å². The van der Waals surface area contributed by atoms with Gasteiger partial charge in [0.1, 0.15) is 11.9 Å². The Hall–Kier alpha value is -1.49. The minimum Gasteiger partial charge on any atom is -0.456 e. The van der Waals surface area contributed by atoms with E-state index in [2.05, 4.69) is 4.98 Å². The number of nitrogens with zero attached hydrogens (tertiary/aromatic N) is 1. The average molecular weight is 253 g/mol. The van der Waals surface area contributed by atoms with Crippen molar-refractivity contribution in [1.29, 1.82) is 0 Å². The van der Waals surface area contributed by atoms with E-state index in [0.29, 0.717) is 0 Å². The summed E-state index contributed by atoms with van der Waals surface area (Å²) in [5.74, 6) is -1.09. The molecule has 0 radical (unpaired) electrons. The van der Waals surface area contributed by atoms with Crippen LogP contribution in [0.5, 0.6) is 0 Å². The highest BCUT2D eigenvalue weighted by Gasteiger charge is 2.28. The van der Waals surface area contributed by atoms with Crippen LogP contribution in [0.3, 0.4) is 0 Å². The molecule has 1 saturated carbocycles. The van der Waals surface area contributed by atoms with Gasteiger partial charge >= 0.3 is 5.97 Å². The molecule has 0 saturated heterocycles. The number of methoxy groups -OCH3 is 1. The SMILES string of the molecule is CO[C@H]1CCCC[C@@H]1OC(=O)c1cncc(F)c1. The molecule has 0 N–H and O–H groups in total. The lowest BCUT2D eigenvalue weighted by Crippen LogP contribution is -2.35. The second-order valence-corrected chi connectivity index (χ2v) is 4.39. The van der Waals surface area contributed by atoms with E-state index in [-0.39, 0.29) is 17.8 Å². The van der Waals surface area contributed by atoms with Crippen molar-refractivity contribution in [3.63, 3.8) is 0 Å². The first kappa shape index (κ1) is 13.0. The largest absolute Gasteiger partial charge is 0.456 e. The monoisotopic (exact) mass is 253 g/mol. The number of pyridine rings is 1. The highest BCUT2D eigenvalue weighted by Crippen LogP contribution is 2.24. The van der Waals surface area contributed by atoms with E-state index in [1.54, 1.807) is 7.11 Å². The molecule has 0 bridgehead atoms. The molecule has 1 heterocycles. The van der Waals surface area contributed by atoms with Gasteiger partial charge in [-0.2, -0.15) is 0 Å². The molecule has 1 aliphatic carbocycles. The first-order valence-corrected chi connectivity index (χ1v) is 6.05. The van der Waals surface area contributed by atoms with Gasteiger partial charge in [0.25, 0.3) is 0 Å². The fraction of sp³-hybridized carbons (Fsp3) is 0.538. The van der Waals surface area contributed by atoms with Gasteiger partial charge in [0.2, 0.25) is 0 Å². The van der Waals surface area contributed by atoms with Crippen LogP contribution in [0.25, 0.3) is 0 Å². The quantitative estimate of drug-likeness (QED) is 0.776. The first-order valence-electron chi connectivity index (χ1n) is 6.05. The number of aromatic nitrogens is 1. The predicted octanol–water partition coefficient (Wildman–Crippen LogP) is 2.34. The molecular weight excluding hydrogens is 237 g/mol. The van der Waals surface area contributed by atoms with Crippen molar-refractivity contribution in [2.24, 2.45) is 0 Å². The highest BCUT2D eigenvalue weighted by molar-refractivity contribution is 5.89. The summed E-state index contributed by atoms with van der Waals surface area (Å²) in [6.07, 6.45) is 5.80. The van der Waals surface area contributed by atoms with Gasteiger partial charge in [-0.15, -0.1) is 0 Å². The Kier molecular flexibility index (Phi) is 4.25. The molecule has 1 aromatic rings.